The molecule has 2 atom stereocenters. The van der Waals surface area contributed by atoms with E-state index in [1.54, 1.807) is 38.1 Å². The SMILES string of the molecule is C=C(C)C(Cc1ccccc1O)C(O)C(=O)OCC. The molecular formula is C15H20O4. The number of aliphatic hydroxyl groups excluding tert-OH is 1. The molecule has 4 heteroatoms. The first-order valence-electron chi connectivity index (χ1n) is 6.24. The summed E-state index contributed by atoms with van der Waals surface area (Å²) < 4.78 is 4.81. The normalized spacial score (nSPS) is 13.6. The Bertz CT molecular complexity index is 453. The highest BCUT2D eigenvalue weighted by Gasteiger charge is 2.28. The van der Waals surface area contributed by atoms with Crippen LogP contribution in [-0.4, -0.2) is 28.9 Å². The van der Waals surface area contributed by atoms with Gasteiger partial charge in [-0.25, -0.2) is 4.79 Å². The van der Waals surface area contributed by atoms with Crippen LogP contribution in [0.1, 0.15) is 19.4 Å². The second-order valence-corrected chi connectivity index (χ2v) is 4.48. The van der Waals surface area contributed by atoms with Crippen LogP contribution in [0.2, 0.25) is 0 Å². The molecule has 1 aromatic rings. The summed E-state index contributed by atoms with van der Waals surface area (Å²) >= 11 is 0. The number of hydrogen-bond donors (Lipinski definition) is 2. The van der Waals surface area contributed by atoms with Gasteiger partial charge in [0.15, 0.2) is 6.10 Å². The van der Waals surface area contributed by atoms with Gasteiger partial charge in [-0.1, -0.05) is 30.4 Å². The van der Waals surface area contributed by atoms with Crippen molar-refractivity contribution in [3.05, 3.63) is 42.0 Å². The molecule has 0 radical (unpaired) electrons. The molecule has 0 saturated carbocycles. The third-order valence-electron chi connectivity index (χ3n) is 2.97. The van der Waals surface area contributed by atoms with Crippen molar-refractivity contribution in [2.24, 2.45) is 5.92 Å². The number of esters is 1. The molecule has 0 heterocycles. The van der Waals surface area contributed by atoms with Gasteiger partial charge in [0.05, 0.1) is 6.61 Å². The molecule has 0 bridgehead atoms. The van der Waals surface area contributed by atoms with Gasteiger partial charge in [-0.3, -0.25) is 0 Å². The Morgan fingerprint density at radius 3 is 2.58 bits per heavy atom. The summed E-state index contributed by atoms with van der Waals surface area (Å²) in [5, 5.41) is 19.8. The smallest absolute Gasteiger partial charge is 0.335 e. The molecule has 0 spiro atoms. The fraction of sp³-hybridized carbons (Fsp3) is 0.400. The van der Waals surface area contributed by atoms with Gasteiger partial charge in [-0.15, -0.1) is 0 Å². The van der Waals surface area contributed by atoms with Crippen LogP contribution in [0, 0.1) is 5.92 Å². The fourth-order valence-electron chi connectivity index (χ4n) is 1.87. The number of benzene rings is 1. The van der Waals surface area contributed by atoms with E-state index in [1.165, 1.54) is 0 Å². The largest absolute Gasteiger partial charge is 0.508 e. The number of hydrogen-bond acceptors (Lipinski definition) is 4. The van der Waals surface area contributed by atoms with E-state index >= 15 is 0 Å². The predicted octanol–water partition coefficient (Wildman–Crippen LogP) is 2.05. The van der Waals surface area contributed by atoms with Crippen molar-refractivity contribution in [1.82, 2.24) is 0 Å². The molecule has 0 amide bonds. The maximum absolute atomic E-state index is 11.6. The summed E-state index contributed by atoms with van der Waals surface area (Å²) in [5.74, 6) is -0.997. The Morgan fingerprint density at radius 1 is 1.42 bits per heavy atom. The Hall–Kier alpha value is -1.81. The van der Waals surface area contributed by atoms with Crippen LogP contribution < -0.4 is 0 Å². The fourth-order valence-corrected chi connectivity index (χ4v) is 1.87. The second-order valence-electron chi connectivity index (χ2n) is 4.48. The minimum Gasteiger partial charge on any atom is -0.508 e. The molecule has 104 valence electrons. The number of para-hydroxylation sites is 1. The predicted molar refractivity (Wildman–Crippen MR) is 72.8 cm³/mol. The zero-order valence-corrected chi connectivity index (χ0v) is 11.3. The van der Waals surface area contributed by atoms with E-state index < -0.39 is 18.0 Å². The summed E-state index contributed by atoms with van der Waals surface area (Å²) in [6, 6.07) is 6.84. The molecule has 0 aliphatic heterocycles. The third kappa shape index (κ3) is 4.10. The average Bonchev–Trinajstić information content (AvgIpc) is 2.37. The molecule has 0 aliphatic carbocycles. The Morgan fingerprint density at radius 2 is 2.05 bits per heavy atom. The van der Waals surface area contributed by atoms with E-state index in [2.05, 4.69) is 6.58 Å². The van der Waals surface area contributed by atoms with Gasteiger partial charge in [-0.2, -0.15) is 0 Å². The topological polar surface area (TPSA) is 66.8 Å². The van der Waals surface area contributed by atoms with Crippen LogP contribution >= 0.6 is 0 Å². The lowest BCUT2D eigenvalue weighted by Crippen LogP contribution is -2.33. The lowest BCUT2D eigenvalue weighted by Gasteiger charge is -2.22. The van der Waals surface area contributed by atoms with Gasteiger partial charge in [0, 0.05) is 5.92 Å². The standard InChI is InChI=1S/C15H20O4/c1-4-19-15(18)14(17)12(10(2)3)9-11-7-5-6-8-13(11)16/h5-8,12,14,16-17H,2,4,9H2,1,3H3. The van der Waals surface area contributed by atoms with E-state index in [-0.39, 0.29) is 12.4 Å². The van der Waals surface area contributed by atoms with Crippen LogP contribution in [0.15, 0.2) is 36.4 Å². The number of carbonyl (C=O) groups is 1. The molecule has 0 saturated heterocycles. The minimum absolute atomic E-state index is 0.143. The van der Waals surface area contributed by atoms with Crippen molar-refractivity contribution in [2.75, 3.05) is 6.61 Å². The molecule has 0 aromatic heterocycles. The number of aliphatic hydroxyl groups is 1. The van der Waals surface area contributed by atoms with Crippen molar-refractivity contribution in [2.45, 2.75) is 26.4 Å². The third-order valence-corrected chi connectivity index (χ3v) is 2.97. The van der Waals surface area contributed by atoms with E-state index in [0.717, 1.165) is 0 Å². The van der Waals surface area contributed by atoms with Gasteiger partial charge in [0.2, 0.25) is 0 Å². The summed E-state index contributed by atoms with van der Waals surface area (Å²) in [7, 11) is 0. The van der Waals surface area contributed by atoms with Crippen molar-refractivity contribution < 1.29 is 19.7 Å². The molecular weight excluding hydrogens is 244 g/mol. The summed E-state index contributed by atoms with van der Waals surface area (Å²) in [6.07, 6.45) is -0.931. The minimum atomic E-state index is -1.27. The van der Waals surface area contributed by atoms with E-state index in [4.69, 9.17) is 4.74 Å². The molecule has 2 N–H and O–H groups in total. The Balaban J connectivity index is 2.87. The number of rotatable bonds is 6. The first-order valence-corrected chi connectivity index (χ1v) is 6.24. The maximum atomic E-state index is 11.6. The van der Waals surface area contributed by atoms with Crippen molar-refractivity contribution in [3.8, 4) is 5.75 Å². The zero-order chi connectivity index (χ0) is 14.4. The number of aromatic hydroxyl groups is 1. The molecule has 4 nitrogen and oxygen atoms in total. The summed E-state index contributed by atoms with van der Waals surface area (Å²) in [4.78, 5) is 11.6. The Kier molecular flexibility index (Phi) is 5.57. The van der Waals surface area contributed by atoms with Gasteiger partial charge >= 0.3 is 5.97 Å². The van der Waals surface area contributed by atoms with Gasteiger partial charge in [0.1, 0.15) is 5.75 Å². The highest BCUT2D eigenvalue weighted by molar-refractivity contribution is 5.75. The molecule has 0 fully saturated rings. The number of phenolic OH excluding ortho intramolecular Hbond substituents is 1. The van der Waals surface area contributed by atoms with E-state index in [9.17, 15) is 15.0 Å². The second kappa shape index (κ2) is 6.95. The lowest BCUT2D eigenvalue weighted by molar-refractivity contribution is -0.155. The highest BCUT2D eigenvalue weighted by Crippen LogP contribution is 2.25. The molecule has 19 heavy (non-hydrogen) atoms. The quantitative estimate of drug-likeness (QED) is 0.609. The van der Waals surface area contributed by atoms with E-state index in [1.807, 2.05) is 0 Å². The van der Waals surface area contributed by atoms with Crippen LogP contribution in [-0.2, 0) is 16.0 Å². The molecule has 1 rings (SSSR count). The molecule has 0 aliphatic rings. The van der Waals surface area contributed by atoms with E-state index in [0.29, 0.717) is 17.6 Å². The van der Waals surface area contributed by atoms with Crippen molar-refractivity contribution in [1.29, 1.82) is 0 Å². The van der Waals surface area contributed by atoms with Gasteiger partial charge < -0.3 is 14.9 Å². The molecule has 2 unspecified atom stereocenters. The summed E-state index contributed by atoms with van der Waals surface area (Å²) in [5.41, 5.74) is 1.34. The number of carbonyl (C=O) groups excluding carboxylic acids is 1. The number of phenols is 1. The van der Waals surface area contributed by atoms with Crippen LogP contribution in [0.4, 0.5) is 0 Å². The summed E-state index contributed by atoms with van der Waals surface area (Å²) in [6.45, 7) is 7.44. The Labute approximate surface area is 113 Å². The first kappa shape index (κ1) is 15.2. The average molecular weight is 264 g/mol. The highest BCUT2D eigenvalue weighted by atomic mass is 16.5. The monoisotopic (exact) mass is 264 g/mol. The van der Waals surface area contributed by atoms with Crippen molar-refractivity contribution in [3.63, 3.8) is 0 Å². The van der Waals surface area contributed by atoms with Gasteiger partial charge in [0.25, 0.3) is 0 Å². The van der Waals surface area contributed by atoms with Crippen molar-refractivity contribution >= 4 is 5.97 Å². The van der Waals surface area contributed by atoms with Crippen LogP contribution in [0.25, 0.3) is 0 Å². The molecule has 1 aromatic carbocycles. The van der Waals surface area contributed by atoms with Crippen LogP contribution in [0.5, 0.6) is 5.75 Å². The maximum Gasteiger partial charge on any atom is 0.335 e. The first-order chi connectivity index (χ1) is 8.97. The number of ether oxygens (including phenoxy) is 1. The van der Waals surface area contributed by atoms with Gasteiger partial charge in [-0.05, 0) is 31.9 Å². The zero-order valence-electron chi connectivity index (χ0n) is 11.3. The van der Waals surface area contributed by atoms with Crippen LogP contribution in [0.3, 0.4) is 0 Å². The lowest BCUT2D eigenvalue weighted by atomic mass is 9.88.